The number of imidazole rings is 1. The number of carbonyl (C=O) groups excluding carboxylic acids is 2. The fourth-order valence-corrected chi connectivity index (χ4v) is 3.55. The molecule has 1 aliphatic heterocycles. The number of hydrogen-bond acceptors (Lipinski definition) is 3. The highest BCUT2D eigenvalue weighted by molar-refractivity contribution is 5.99. The Balaban J connectivity index is 1.62. The summed E-state index contributed by atoms with van der Waals surface area (Å²) in [6.45, 7) is 0.698. The van der Waals surface area contributed by atoms with Gasteiger partial charge in [0.2, 0.25) is 5.91 Å². The van der Waals surface area contributed by atoms with Gasteiger partial charge in [-0.3, -0.25) is 9.59 Å². The van der Waals surface area contributed by atoms with Gasteiger partial charge in [-0.25, -0.2) is 4.98 Å². The number of hydrogen-bond donors (Lipinski definition) is 1. The van der Waals surface area contributed by atoms with Crippen LogP contribution in [0.4, 0.5) is 5.69 Å². The standard InChI is InChI=1S/C22H22N4O2/c1-25-14-12-23-21(25)20(16-7-3-2-4-8-16)24-22(28)17-9-5-10-18(15-17)26-13-6-11-19(26)27/h2-5,7-10,12,14-15,20H,6,11,13H2,1H3,(H,24,28). The highest BCUT2D eigenvalue weighted by atomic mass is 16.2. The predicted octanol–water partition coefficient (Wildman–Crippen LogP) is 3.07. The van der Waals surface area contributed by atoms with Crippen molar-refractivity contribution in [1.29, 1.82) is 0 Å². The number of carbonyl (C=O) groups is 2. The number of benzene rings is 2. The number of aryl methyl sites for hydroxylation is 1. The minimum atomic E-state index is -0.370. The van der Waals surface area contributed by atoms with Crippen LogP contribution in [0.15, 0.2) is 67.0 Å². The predicted molar refractivity (Wildman–Crippen MR) is 107 cm³/mol. The second-order valence-electron chi connectivity index (χ2n) is 6.91. The normalized spacial score (nSPS) is 14.9. The lowest BCUT2D eigenvalue weighted by molar-refractivity contribution is -0.117. The summed E-state index contributed by atoms with van der Waals surface area (Å²) >= 11 is 0. The van der Waals surface area contributed by atoms with Crippen molar-refractivity contribution in [2.75, 3.05) is 11.4 Å². The SMILES string of the molecule is Cn1ccnc1C(NC(=O)c1cccc(N2CCCC2=O)c1)c1ccccc1. The third-order valence-electron chi connectivity index (χ3n) is 5.02. The summed E-state index contributed by atoms with van der Waals surface area (Å²) in [5.41, 5.74) is 2.24. The summed E-state index contributed by atoms with van der Waals surface area (Å²) in [6, 6.07) is 16.6. The van der Waals surface area contributed by atoms with Crippen molar-refractivity contribution in [2.45, 2.75) is 18.9 Å². The van der Waals surface area contributed by atoms with Crippen molar-refractivity contribution in [3.63, 3.8) is 0 Å². The zero-order valence-corrected chi connectivity index (χ0v) is 15.7. The van der Waals surface area contributed by atoms with Crippen molar-refractivity contribution >= 4 is 17.5 Å². The summed E-state index contributed by atoms with van der Waals surface area (Å²) in [7, 11) is 1.91. The number of nitrogens with zero attached hydrogens (tertiary/aromatic N) is 3. The van der Waals surface area contributed by atoms with Gasteiger partial charge in [-0.15, -0.1) is 0 Å². The van der Waals surface area contributed by atoms with Gasteiger partial charge in [-0.2, -0.15) is 0 Å². The molecule has 28 heavy (non-hydrogen) atoms. The van der Waals surface area contributed by atoms with E-state index in [9.17, 15) is 9.59 Å². The van der Waals surface area contributed by atoms with Gasteiger partial charge in [0.1, 0.15) is 11.9 Å². The topological polar surface area (TPSA) is 67.2 Å². The van der Waals surface area contributed by atoms with E-state index in [0.717, 1.165) is 23.5 Å². The van der Waals surface area contributed by atoms with Crippen LogP contribution in [0.25, 0.3) is 0 Å². The zero-order valence-electron chi connectivity index (χ0n) is 15.7. The van der Waals surface area contributed by atoms with Crippen LogP contribution in [0.2, 0.25) is 0 Å². The third-order valence-corrected chi connectivity index (χ3v) is 5.02. The first kappa shape index (κ1) is 18.0. The third kappa shape index (κ3) is 3.53. The van der Waals surface area contributed by atoms with Gasteiger partial charge < -0.3 is 14.8 Å². The number of nitrogens with one attached hydrogen (secondary N) is 1. The molecular weight excluding hydrogens is 352 g/mol. The lowest BCUT2D eigenvalue weighted by atomic mass is 10.1. The second-order valence-corrected chi connectivity index (χ2v) is 6.91. The lowest BCUT2D eigenvalue weighted by Gasteiger charge is -2.20. The Labute approximate surface area is 163 Å². The molecule has 1 aromatic heterocycles. The highest BCUT2D eigenvalue weighted by Crippen LogP contribution is 2.24. The zero-order chi connectivity index (χ0) is 19.5. The van der Waals surface area contributed by atoms with Crippen molar-refractivity contribution < 1.29 is 9.59 Å². The maximum absolute atomic E-state index is 13.0. The number of anilines is 1. The van der Waals surface area contributed by atoms with E-state index in [1.807, 2.05) is 60.3 Å². The molecule has 1 fully saturated rings. The van der Waals surface area contributed by atoms with Crippen LogP contribution in [0.1, 0.15) is 40.6 Å². The van der Waals surface area contributed by atoms with E-state index >= 15 is 0 Å². The number of rotatable bonds is 5. The maximum atomic E-state index is 13.0. The quantitative estimate of drug-likeness (QED) is 0.746. The van der Waals surface area contributed by atoms with Crippen LogP contribution in [0.3, 0.4) is 0 Å². The Morgan fingerprint density at radius 2 is 1.96 bits per heavy atom. The molecule has 0 saturated carbocycles. The van der Waals surface area contributed by atoms with E-state index in [1.54, 1.807) is 23.2 Å². The van der Waals surface area contributed by atoms with E-state index in [-0.39, 0.29) is 17.9 Å². The molecule has 2 aromatic carbocycles. The van der Waals surface area contributed by atoms with Crippen LogP contribution >= 0.6 is 0 Å². The molecule has 0 radical (unpaired) electrons. The Kier molecular flexibility index (Phi) is 4.93. The fraction of sp³-hybridized carbons (Fsp3) is 0.227. The minimum Gasteiger partial charge on any atom is -0.338 e. The Morgan fingerprint density at radius 3 is 2.64 bits per heavy atom. The van der Waals surface area contributed by atoms with E-state index in [4.69, 9.17) is 0 Å². The molecule has 0 spiro atoms. The summed E-state index contributed by atoms with van der Waals surface area (Å²) in [4.78, 5) is 31.2. The molecule has 0 aliphatic carbocycles. The number of aromatic nitrogens is 2. The molecule has 1 atom stereocenters. The first-order valence-electron chi connectivity index (χ1n) is 9.37. The maximum Gasteiger partial charge on any atom is 0.252 e. The van der Waals surface area contributed by atoms with Crippen LogP contribution in [-0.2, 0) is 11.8 Å². The first-order chi connectivity index (χ1) is 13.6. The average molecular weight is 374 g/mol. The lowest BCUT2D eigenvalue weighted by Crippen LogP contribution is -2.31. The van der Waals surface area contributed by atoms with Crippen LogP contribution in [0, 0.1) is 0 Å². The molecule has 6 nitrogen and oxygen atoms in total. The molecule has 2 heterocycles. The Morgan fingerprint density at radius 1 is 1.14 bits per heavy atom. The largest absolute Gasteiger partial charge is 0.338 e. The molecule has 2 amide bonds. The average Bonchev–Trinajstić information content (AvgIpc) is 3.35. The van der Waals surface area contributed by atoms with Gasteiger partial charge in [-0.05, 0) is 30.2 Å². The molecule has 1 aliphatic rings. The summed E-state index contributed by atoms with van der Waals surface area (Å²) in [5.74, 6) is 0.656. The van der Waals surface area contributed by atoms with Gasteiger partial charge in [0, 0.05) is 43.7 Å². The minimum absolute atomic E-state index is 0.104. The van der Waals surface area contributed by atoms with Crippen LogP contribution in [0.5, 0.6) is 0 Å². The van der Waals surface area contributed by atoms with Crippen molar-refractivity contribution in [3.05, 3.63) is 83.9 Å². The summed E-state index contributed by atoms with van der Waals surface area (Å²) < 4.78 is 1.90. The molecule has 1 unspecified atom stereocenters. The first-order valence-corrected chi connectivity index (χ1v) is 9.37. The molecule has 4 rings (SSSR count). The smallest absolute Gasteiger partial charge is 0.252 e. The molecule has 1 N–H and O–H groups in total. The van der Waals surface area contributed by atoms with Gasteiger partial charge in [0.15, 0.2) is 0 Å². The molecular formula is C22H22N4O2. The van der Waals surface area contributed by atoms with E-state index in [2.05, 4.69) is 10.3 Å². The van der Waals surface area contributed by atoms with Gasteiger partial charge in [0.25, 0.3) is 5.91 Å². The van der Waals surface area contributed by atoms with Crippen molar-refractivity contribution in [2.24, 2.45) is 7.05 Å². The Bertz CT molecular complexity index is 997. The van der Waals surface area contributed by atoms with Crippen LogP contribution < -0.4 is 10.2 Å². The van der Waals surface area contributed by atoms with E-state index in [1.165, 1.54) is 0 Å². The van der Waals surface area contributed by atoms with E-state index < -0.39 is 0 Å². The second kappa shape index (κ2) is 7.68. The Hall–Kier alpha value is -3.41. The number of amides is 2. The monoisotopic (exact) mass is 374 g/mol. The van der Waals surface area contributed by atoms with Crippen molar-refractivity contribution in [3.8, 4) is 0 Å². The van der Waals surface area contributed by atoms with E-state index in [0.29, 0.717) is 18.5 Å². The molecule has 0 bridgehead atoms. The van der Waals surface area contributed by atoms with Gasteiger partial charge >= 0.3 is 0 Å². The van der Waals surface area contributed by atoms with Gasteiger partial charge in [0.05, 0.1) is 0 Å². The van der Waals surface area contributed by atoms with Gasteiger partial charge in [-0.1, -0.05) is 36.4 Å². The molecule has 6 heteroatoms. The summed E-state index contributed by atoms with van der Waals surface area (Å²) in [5, 5.41) is 3.10. The van der Waals surface area contributed by atoms with Crippen molar-refractivity contribution in [1.82, 2.24) is 14.9 Å². The highest BCUT2D eigenvalue weighted by Gasteiger charge is 2.24. The van der Waals surface area contributed by atoms with Crippen LogP contribution in [-0.4, -0.2) is 27.9 Å². The molecule has 142 valence electrons. The fourth-order valence-electron chi connectivity index (χ4n) is 3.55. The summed E-state index contributed by atoms with van der Waals surface area (Å²) in [6.07, 6.45) is 4.99. The molecule has 3 aromatic rings. The molecule has 1 saturated heterocycles.